The first-order valence-electron chi connectivity index (χ1n) is 6.92. The molecule has 0 aromatic heterocycles. The van der Waals surface area contributed by atoms with E-state index in [2.05, 4.69) is 22.5 Å². The second kappa shape index (κ2) is 9.68. The van der Waals surface area contributed by atoms with E-state index in [0.717, 1.165) is 12.5 Å². The van der Waals surface area contributed by atoms with E-state index in [4.69, 9.17) is 0 Å². The van der Waals surface area contributed by atoms with Gasteiger partial charge in [0.15, 0.2) is 5.96 Å². The molecule has 0 bridgehead atoms. The SMILES string of the molecule is CN=C(NCCC(F)(F)F)NCC1CCC(C)CC1.I. The van der Waals surface area contributed by atoms with Crippen molar-refractivity contribution in [2.75, 3.05) is 20.1 Å². The van der Waals surface area contributed by atoms with Crippen LogP contribution in [0.4, 0.5) is 13.2 Å². The summed E-state index contributed by atoms with van der Waals surface area (Å²) in [6.07, 6.45) is -0.0969. The number of rotatable bonds is 4. The Bertz CT molecular complexity index is 287. The molecule has 1 fully saturated rings. The lowest BCUT2D eigenvalue weighted by atomic mass is 9.83. The molecular formula is C13H25F3IN3. The Hall–Kier alpha value is -0.210. The molecule has 0 heterocycles. The summed E-state index contributed by atoms with van der Waals surface area (Å²) in [4.78, 5) is 3.93. The zero-order valence-corrected chi connectivity index (χ0v) is 14.4. The van der Waals surface area contributed by atoms with Crippen molar-refractivity contribution >= 4 is 29.9 Å². The number of halogens is 4. The summed E-state index contributed by atoms with van der Waals surface area (Å²) in [6, 6.07) is 0. The molecule has 0 amide bonds. The lowest BCUT2D eigenvalue weighted by Crippen LogP contribution is -2.41. The Kier molecular flexibility index (Phi) is 9.58. The molecule has 0 aromatic rings. The van der Waals surface area contributed by atoms with E-state index in [1.165, 1.54) is 25.7 Å². The van der Waals surface area contributed by atoms with Crippen LogP contribution in [-0.2, 0) is 0 Å². The van der Waals surface area contributed by atoms with Crippen molar-refractivity contribution in [2.24, 2.45) is 16.8 Å². The van der Waals surface area contributed by atoms with Crippen LogP contribution in [0.3, 0.4) is 0 Å². The quantitative estimate of drug-likeness (QED) is 0.425. The number of aliphatic imine (C=N–C) groups is 1. The molecule has 7 heteroatoms. The monoisotopic (exact) mass is 407 g/mol. The van der Waals surface area contributed by atoms with E-state index < -0.39 is 12.6 Å². The molecule has 1 saturated carbocycles. The molecule has 120 valence electrons. The van der Waals surface area contributed by atoms with Crippen LogP contribution in [0, 0.1) is 11.8 Å². The van der Waals surface area contributed by atoms with Crippen LogP contribution >= 0.6 is 24.0 Å². The van der Waals surface area contributed by atoms with Gasteiger partial charge in [-0.15, -0.1) is 24.0 Å². The zero-order chi connectivity index (χ0) is 14.3. The largest absolute Gasteiger partial charge is 0.390 e. The van der Waals surface area contributed by atoms with Crippen molar-refractivity contribution in [2.45, 2.75) is 45.2 Å². The molecule has 1 rings (SSSR count). The fourth-order valence-electron chi connectivity index (χ4n) is 2.32. The summed E-state index contributed by atoms with van der Waals surface area (Å²) in [5.41, 5.74) is 0. The Balaban J connectivity index is 0.00000361. The minimum absolute atomic E-state index is 0. The molecule has 1 aliphatic rings. The highest BCUT2D eigenvalue weighted by atomic mass is 127. The van der Waals surface area contributed by atoms with E-state index in [1.807, 2.05) is 0 Å². The smallest absolute Gasteiger partial charge is 0.356 e. The van der Waals surface area contributed by atoms with Gasteiger partial charge in [-0.05, 0) is 24.7 Å². The molecule has 0 unspecified atom stereocenters. The molecule has 0 radical (unpaired) electrons. The number of nitrogens with zero attached hydrogens (tertiary/aromatic N) is 1. The van der Waals surface area contributed by atoms with Gasteiger partial charge in [0.05, 0.1) is 6.42 Å². The molecular weight excluding hydrogens is 382 g/mol. The number of nitrogens with one attached hydrogen (secondary N) is 2. The van der Waals surface area contributed by atoms with Crippen LogP contribution in [0.15, 0.2) is 4.99 Å². The summed E-state index contributed by atoms with van der Waals surface area (Å²) in [5, 5.41) is 5.80. The fourth-order valence-corrected chi connectivity index (χ4v) is 2.32. The molecule has 0 aliphatic heterocycles. The number of hydrogen-bond donors (Lipinski definition) is 2. The van der Waals surface area contributed by atoms with E-state index in [-0.39, 0.29) is 30.5 Å². The van der Waals surface area contributed by atoms with Gasteiger partial charge in [-0.2, -0.15) is 13.2 Å². The Morgan fingerprint density at radius 1 is 1.15 bits per heavy atom. The highest BCUT2D eigenvalue weighted by Gasteiger charge is 2.26. The van der Waals surface area contributed by atoms with Gasteiger partial charge in [0.1, 0.15) is 0 Å². The topological polar surface area (TPSA) is 36.4 Å². The van der Waals surface area contributed by atoms with Crippen LogP contribution < -0.4 is 10.6 Å². The molecule has 0 aromatic carbocycles. The van der Waals surface area contributed by atoms with Gasteiger partial charge in [-0.3, -0.25) is 4.99 Å². The first-order valence-corrected chi connectivity index (χ1v) is 6.92. The maximum Gasteiger partial charge on any atom is 0.390 e. The van der Waals surface area contributed by atoms with Gasteiger partial charge in [0, 0.05) is 20.1 Å². The number of hydrogen-bond acceptors (Lipinski definition) is 1. The van der Waals surface area contributed by atoms with Crippen molar-refractivity contribution < 1.29 is 13.2 Å². The first kappa shape index (κ1) is 19.8. The van der Waals surface area contributed by atoms with E-state index in [1.54, 1.807) is 7.05 Å². The Labute approximate surface area is 136 Å². The normalized spacial score (nSPS) is 23.9. The average molecular weight is 407 g/mol. The predicted molar refractivity (Wildman–Crippen MR) is 86.6 cm³/mol. The van der Waals surface area contributed by atoms with Crippen LogP contribution in [0.1, 0.15) is 39.0 Å². The van der Waals surface area contributed by atoms with Crippen LogP contribution in [0.25, 0.3) is 0 Å². The van der Waals surface area contributed by atoms with Crippen molar-refractivity contribution in [3.63, 3.8) is 0 Å². The predicted octanol–water partition coefficient (Wildman–Crippen LogP) is 3.55. The molecule has 0 atom stereocenters. The standard InChI is InChI=1S/C13H24F3N3.HI/c1-10-3-5-11(6-4-10)9-19-12(17-2)18-8-7-13(14,15)16;/h10-11H,3-9H2,1-2H3,(H2,17,18,19);1H. The second-order valence-corrected chi connectivity index (χ2v) is 5.37. The van der Waals surface area contributed by atoms with Gasteiger partial charge >= 0.3 is 6.18 Å². The maximum absolute atomic E-state index is 12.0. The van der Waals surface area contributed by atoms with E-state index in [9.17, 15) is 13.2 Å². The lowest BCUT2D eigenvalue weighted by molar-refractivity contribution is -0.132. The molecule has 3 nitrogen and oxygen atoms in total. The third-order valence-electron chi connectivity index (χ3n) is 3.62. The van der Waals surface area contributed by atoms with Crippen LogP contribution in [0.2, 0.25) is 0 Å². The highest BCUT2D eigenvalue weighted by Crippen LogP contribution is 2.27. The van der Waals surface area contributed by atoms with Gasteiger partial charge in [0.2, 0.25) is 0 Å². The second-order valence-electron chi connectivity index (χ2n) is 5.37. The van der Waals surface area contributed by atoms with E-state index >= 15 is 0 Å². The van der Waals surface area contributed by atoms with Gasteiger partial charge in [0.25, 0.3) is 0 Å². The first-order chi connectivity index (χ1) is 8.90. The fraction of sp³-hybridized carbons (Fsp3) is 0.923. The number of alkyl halides is 3. The molecule has 0 spiro atoms. The summed E-state index contributed by atoms with van der Waals surface area (Å²) < 4.78 is 36.1. The Morgan fingerprint density at radius 3 is 2.25 bits per heavy atom. The zero-order valence-electron chi connectivity index (χ0n) is 12.1. The minimum atomic E-state index is -4.12. The van der Waals surface area contributed by atoms with Crippen molar-refractivity contribution in [1.82, 2.24) is 10.6 Å². The molecule has 1 aliphatic carbocycles. The molecule has 2 N–H and O–H groups in total. The summed E-state index contributed by atoms with van der Waals surface area (Å²) in [7, 11) is 1.58. The average Bonchev–Trinajstić information content (AvgIpc) is 2.34. The Morgan fingerprint density at radius 2 is 1.75 bits per heavy atom. The van der Waals surface area contributed by atoms with Gasteiger partial charge < -0.3 is 10.6 Å². The lowest BCUT2D eigenvalue weighted by Gasteiger charge is -2.26. The third kappa shape index (κ3) is 8.86. The maximum atomic E-state index is 12.0. The van der Waals surface area contributed by atoms with Crippen LogP contribution in [0.5, 0.6) is 0 Å². The number of guanidine groups is 1. The molecule has 20 heavy (non-hydrogen) atoms. The van der Waals surface area contributed by atoms with Gasteiger partial charge in [-0.1, -0.05) is 19.8 Å². The van der Waals surface area contributed by atoms with Crippen molar-refractivity contribution in [1.29, 1.82) is 0 Å². The third-order valence-corrected chi connectivity index (χ3v) is 3.62. The minimum Gasteiger partial charge on any atom is -0.356 e. The summed E-state index contributed by atoms with van der Waals surface area (Å²) in [6.45, 7) is 2.92. The summed E-state index contributed by atoms with van der Waals surface area (Å²) >= 11 is 0. The van der Waals surface area contributed by atoms with Crippen LogP contribution in [-0.4, -0.2) is 32.3 Å². The van der Waals surface area contributed by atoms with E-state index in [0.29, 0.717) is 11.9 Å². The summed E-state index contributed by atoms with van der Waals surface area (Å²) in [5.74, 6) is 1.88. The van der Waals surface area contributed by atoms with Crippen molar-refractivity contribution in [3.05, 3.63) is 0 Å². The molecule has 0 saturated heterocycles. The van der Waals surface area contributed by atoms with Crippen molar-refractivity contribution in [3.8, 4) is 0 Å². The van der Waals surface area contributed by atoms with Gasteiger partial charge in [-0.25, -0.2) is 0 Å². The highest BCUT2D eigenvalue weighted by molar-refractivity contribution is 14.0.